The van der Waals surface area contributed by atoms with Gasteiger partial charge in [-0.15, -0.1) is 11.6 Å². The van der Waals surface area contributed by atoms with E-state index in [1.807, 2.05) is 31.2 Å². The van der Waals surface area contributed by atoms with Gasteiger partial charge in [0.05, 0.1) is 13.2 Å². The quantitative estimate of drug-likeness (QED) is 0.411. The fraction of sp³-hybridized carbons (Fsp3) is 0.333. The summed E-state index contributed by atoms with van der Waals surface area (Å²) >= 11 is 5.62. The SMILES string of the molecule is C/C(=C\COCc1ccccc1)CCl. The van der Waals surface area contributed by atoms with E-state index in [9.17, 15) is 0 Å². The second kappa shape index (κ2) is 6.63. The predicted molar refractivity (Wildman–Crippen MR) is 60.6 cm³/mol. The van der Waals surface area contributed by atoms with Crippen LogP contribution in [0.5, 0.6) is 0 Å². The molecule has 1 aromatic rings. The van der Waals surface area contributed by atoms with E-state index in [2.05, 4.69) is 12.1 Å². The minimum Gasteiger partial charge on any atom is -0.373 e. The van der Waals surface area contributed by atoms with Gasteiger partial charge in [-0.05, 0) is 12.5 Å². The van der Waals surface area contributed by atoms with Crippen LogP contribution in [-0.2, 0) is 11.3 Å². The van der Waals surface area contributed by atoms with Gasteiger partial charge < -0.3 is 4.74 Å². The van der Waals surface area contributed by atoms with E-state index in [0.717, 1.165) is 5.57 Å². The first-order valence-corrected chi connectivity index (χ1v) is 5.19. The minimum atomic E-state index is 0.578. The Hall–Kier alpha value is -0.790. The van der Waals surface area contributed by atoms with E-state index in [1.165, 1.54) is 5.56 Å². The molecule has 76 valence electrons. The first-order chi connectivity index (χ1) is 6.83. The molecule has 14 heavy (non-hydrogen) atoms. The van der Waals surface area contributed by atoms with E-state index < -0.39 is 0 Å². The van der Waals surface area contributed by atoms with Crippen LogP contribution in [0.1, 0.15) is 12.5 Å². The predicted octanol–water partition coefficient (Wildman–Crippen LogP) is 3.39. The van der Waals surface area contributed by atoms with E-state index in [-0.39, 0.29) is 0 Å². The van der Waals surface area contributed by atoms with Crippen LogP contribution in [0.4, 0.5) is 0 Å². The normalized spacial score (nSPS) is 11.7. The van der Waals surface area contributed by atoms with Crippen molar-refractivity contribution in [2.45, 2.75) is 13.5 Å². The molecule has 0 aliphatic heterocycles. The van der Waals surface area contributed by atoms with Crippen LogP contribution in [0.25, 0.3) is 0 Å². The van der Waals surface area contributed by atoms with Gasteiger partial charge in [0.2, 0.25) is 0 Å². The fourth-order valence-electron chi connectivity index (χ4n) is 1.01. The summed E-state index contributed by atoms with van der Waals surface area (Å²) in [5.74, 6) is 0.578. The number of allylic oxidation sites excluding steroid dienone is 1. The van der Waals surface area contributed by atoms with E-state index in [4.69, 9.17) is 16.3 Å². The van der Waals surface area contributed by atoms with Crippen molar-refractivity contribution in [3.63, 3.8) is 0 Å². The molecule has 0 saturated heterocycles. The number of halogens is 1. The first kappa shape index (κ1) is 11.3. The third-order valence-corrected chi connectivity index (χ3v) is 2.29. The molecule has 1 rings (SSSR count). The molecule has 0 aromatic heterocycles. The largest absolute Gasteiger partial charge is 0.373 e. The highest BCUT2D eigenvalue weighted by atomic mass is 35.5. The molecule has 0 fully saturated rings. The second-order valence-corrected chi connectivity index (χ2v) is 3.45. The van der Waals surface area contributed by atoms with Crippen molar-refractivity contribution < 1.29 is 4.74 Å². The fourth-order valence-corrected chi connectivity index (χ4v) is 1.12. The Kier molecular flexibility index (Phi) is 5.35. The lowest BCUT2D eigenvalue weighted by molar-refractivity contribution is 0.148. The summed E-state index contributed by atoms with van der Waals surface area (Å²) in [7, 11) is 0. The molecule has 1 nitrogen and oxygen atoms in total. The standard InChI is InChI=1S/C12H15ClO/c1-11(9-13)7-8-14-10-12-5-3-2-4-6-12/h2-7H,8-10H2,1H3/b11-7+. The first-order valence-electron chi connectivity index (χ1n) is 4.66. The Balaban J connectivity index is 2.23. The molecular formula is C12H15ClO. The number of hydrogen-bond donors (Lipinski definition) is 0. The number of rotatable bonds is 5. The number of hydrogen-bond acceptors (Lipinski definition) is 1. The van der Waals surface area contributed by atoms with Crippen molar-refractivity contribution in [3.05, 3.63) is 47.5 Å². The van der Waals surface area contributed by atoms with Gasteiger partial charge in [-0.1, -0.05) is 42.0 Å². The van der Waals surface area contributed by atoms with Gasteiger partial charge in [0.1, 0.15) is 0 Å². The van der Waals surface area contributed by atoms with Gasteiger partial charge in [-0.2, -0.15) is 0 Å². The zero-order chi connectivity index (χ0) is 10.2. The Morgan fingerprint density at radius 1 is 1.36 bits per heavy atom. The summed E-state index contributed by atoms with van der Waals surface area (Å²) in [5, 5.41) is 0. The van der Waals surface area contributed by atoms with Crippen LogP contribution in [0.15, 0.2) is 42.0 Å². The molecule has 0 heterocycles. The van der Waals surface area contributed by atoms with Crippen molar-refractivity contribution in [1.82, 2.24) is 0 Å². The average Bonchev–Trinajstić information content (AvgIpc) is 2.25. The summed E-state index contributed by atoms with van der Waals surface area (Å²) in [6, 6.07) is 10.1. The molecule has 0 spiro atoms. The third kappa shape index (κ3) is 4.45. The molecule has 0 N–H and O–H groups in total. The Labute approximate surface area is 90.3 Å². The summed E-state index contributed by atoms with van der Waals surface area (Å²) in [5.41, 5.74) is 2.35. The van der Waals surface area contributed by atoms with E-state index in [1.54, 1.807) is 0 Å². The zero-order valence-electron chi connectivity index (χ0n) is 8.37. The van der Waals surface area contributed by atoms with Gasteiger partial charge in [0.15, 0.2) is 0 Å². The third-order valence-electron chi connectivity index (χ3n) is 1.87. The van der Waals surface area contributed by atoms with Crippen molar-refractivity contribution in [2.24, 2.45) is 0 Å². The van der Waals surface area contributed by atoms with Gasteiger partial charge in [0.25, 0.3) is 0 Å². The molecule has 2 heteroatoms. The summed E-state index contributed by atoms with van der Waals surface area (Å²) < 4.78 is 5.46. The molecular weight excluding hydrogens is 196 g/mol. The van der Waals surface area contributed by atoms with Crippen molar-refractivity contribution in [2.75, 3.05) is 12.5 Å². The Bertz CT molecular complexity index is 280. The Morgan fingerprint density at radius 3 is 2.71 bits per heavy atom. The molecule has 0 aliphatic carbocycles. The summed E-state index contributed by atoms with van der Waals surface area (Å²) in [4.78, 5) is 0. The van der Waals surface area contributed by atoms with Crippen LogP contribution in [0, 0.1) is 0 Å². The molecule has 0 aliphatic rings. The molecule has 0 saturated carbocycles. The highest BCUT2D eigenvalue weighted by molar-refractivity contribution is 6.19. The zero-order valence-corrected chi connectivity index (χ0v) is 9.13. The van der Waals surface area contributed by atoms with Gasteiger partial charge in [-0.25, -0.2) is 0 Å². The topological polar surface area (TPSA) is 9.23 Å². The maximum Gasteiger partial charge on any atom is 0.0721 e. The van der Waals surface area contributed by atoms with Crippen molar-refractivity contribution >= 4 is 11.6 Å². The second-order valence-electron chi connectivity index (χ2n) is 3.18. The minimum absolute atomic E-state index is 0.578. The smallest absolute Gasteiger partial charge is 0.0721 e. The maximum atomic E-state index is 5.62. The lowest BCUT2D eigenvalue weighted by atomic mass is 10.2. The molecule has 0 amide bonds. The van der Waals surface area contributed by atoms with Crippen molar-refractivity contribution in [3.8, 4) is 0 Å². The molecule has 0 bridgehead atoms. The van der Waals surface area contributed by atoms with Crippen LogP contribution in [0.3, 0.4) is 0 Å². The highest BCUT2D eigenvalue weighted by Gasteiger charge is 1.90. The van der Waals surface area contributed by atoms with Gasteiger partial charge in [0, 0.05) is 5.88 Å². The summed E-state index contributed by atoms with van der Waals surface area (Å²) in [6.45, 7) is 3.29. The average molecular weight is 211 g/mol. The highest BCUT2D eigenvalue weighted by Crippen LogP contribution is 2.01. The lowest BCUT2D eigenvalue weighted by Gasteiger charge is -2.01. The number of benzene rings is 1. The number of ether oxygens (including phenoxy) is 1. The van der Waals surface area contributed by atoms with Crippen molar-refractivity contribution in [1.29, 1.82) is 0 Å². The molecule has 0 radical (unpaired) electrons. The van der Waals surface area contributed by atoms with E-state index >= 15 is 0 Å². The number of alkyl halides is 1. The van der Waals surface area contributed by atoms with Gasteiger partial charge >= 0.3 is 0 Å². The van der Waals surface area contributed by atoms with Crippen LogP contribution in [0.2, 0.25) is 0 Å². The van der Waals surface area contributed by atoms with E-state index in [0.29, 0.717) is 19.1 Å². The van der Waals surface area contributed by atoms with Crippen LogP contribution >= 0.6 is 11.6 Å². The van der Waals surface area contributed by atoms with Crippen LogP contribution < -0.4 is 0 Å². The lowest BCUT2D eigenvalue weighted by Crippen LogP contribution is -1.93. The molecule has 0 atom stereocenters. The molecule has 1 aromatic carbocycles. The molecule has 0 unspecified atom stereocenters. The Morgan fingerprint density at radius 2 is 2.07 bits per heavy atom. The van der Waals surface area contributed by atoms with Gasteiger partial charge in [-0.3, -0.25) is 0 Å². The maximum absolute atomic E-state index is 5.62. The van der Waals surface area contributed by atoms with Crippen LogP contribution in [-0.4, -0.2) is 12.5 Å². The summed E-state index contributed by atoms with van der Waals surface area (Å²) in [6.07, 6.45) is 2.01. The monoisotopic (exact) mass is 210 g/mol.